The number of rotatable bonds is 2. The maximum Gasteiger partial charge on any atom is 0.397 e. The Morgan fingerprint density at radius 3 is 2.58 bits per heavy atom. The summed E-state index contributed by atoms with van der Waals surface area (Å²) in [5.74, 6) is 1.57. The second kappa shape index (κ2) is 5.76. The van der Waals surface area contributed by atoms with Gasteiger partial charge in [0.25, 0.3) is 0 Å². The highest BCUT2D eigenvalue weighted by Gasteiger charge is 2.59. The lowest BCUT2D eigenvalue weighted by atomic mass is 9.47. The van der Waals surface area contributed by atoms with E-state index in [-0.39, 0.29) is 16.6 Å². The van der Waals surface area contributed by atoms with Crippen LogP contribution in [0, 0.1) is 28.6 Å². The minimum absolute atomic E-state index is 0.0848. The van der Waals surface area contributed by atoms with Crippen molar-refractivity contribution >= 4 is 16.2 Å². The molecule has 0 radical (unpaired) electrons. The Labute approximate surface area is 155 Å². The molecule has 5 nitrogen and oxygen atoms in total. The number of hydrogen-bond acceptors (Lipinski definition) is 4. The summed E-state index contributed by atoms with van der Waals surface area (Å²) >= 11 is 0. The fourth-order valence-corrected chi connectivity index (χ4v) is 7.19. The topological polar surface area (TPSA) is 80.7 Å². The van der Waals surface area contributed by atoms with Gasteiger partial charge in [0.1, 0.15) is 6.10 Å². The highest BCUT2D eigenvalue weighted by molar-refractivity contribution is 7.80. The fraction of sp³-hybridized carbons (Fsp3) is 0.750. The van der Waals surface area contributed by atoms with Crippen LogP contribution in [0.5, 0.6) is 0 Å². The van der Waals surface area contributed by atoms with Crippen LogP contribution < -0.4 is 0 Å². The van der Waals surface area contributed by atoms with E-state index < -0.39 is 16.5 Å². The van der Waals surface area contributed by atoms with E-state index in [1.165, 1.54) is 5.57 Å². The van der Waals surface area contributed by atoms with Gasteiger partial charge in [0.15, 0.2) is 5.78 Å². The first-order valence-electron chi connectivity index (χ1n) is 9.63. The number of ketones is 1. The molecule has 0 spiro atoms. The molecule has 26 heavy (non-hydrogen) atoms. The Kier molecular flexibility index (Phi) is 4.07. The van der Waals surface area contributed by atoms with Crippen molar-refractivity contribution in [3.05, 3.63) is 23.8 Å². The van der Waals surface area contributed by atoms with Crippen LogP contribution in [-0.4, -0.2) is 24.9 Å². The summed E-state index contributed by atoms with van der Waals surface area (Å²) in [7, 11) is -4.48. The van der Waals surface area contributed by atoms with Gasteiger partial charge in [-0.15, -0.1) is 0 Å². The van der Waals surface area contributed by atoms with Crippen LogP contribution in [0.25, 0.3) is 0 Å². The van der Waals surface area contributed by atoms with Crippen molar-refractivity contribution in [1.82, 2.24) is 0 Å². The molecule has 3 saturated carbocycles. The summed E-state index contributed by atoms with van der Waals surface area (Å²) < 4.78 is 36.6. The Morgan fingerprint density at radius 1 is 1.15 bits per heavy atom. The monoisotopic (exact) mass is 380 g/mol. The lowest BCUT2D eigenvalue weighted by Gasteiger charge is -2.57. The Hall–Kier alpha value is -0.980. The van der Waals surface area contributed by atoms with Crippen molar-refractivity contribution in [1.29, 1.82) is 0 Å². The van der Waals surface area contributed by atoms with Gasteiger partial charge in [0, 0.05) is 6.42 Å². The summed E-state index contributed by atoms with van der Waals surface area (Å²) in [6.07, 6.45) is 7.43. The predicted octanol–water partition coefficient (Wildman–Crippen LogP) is 3.87. The third-order valence-electron chi connectivity index (χ3n) is 8.18. The molecule has 0 aromatic rings. The van der Waals surface area contributed by atoms with Crippen LogP contribution in [0.4, 0.5) is 0 Å². The van der Waals surface area contributed by atoms with Crippen molar-refractivity contribution in [2.45, 2.75) is 64.9 Å². The number of hydrogen-bond donors (Lipinski definition) is 1. The van der Waals surface area contributed by atoms with Gasteiger partial charge in [-0.25, -0.2) is 4.18 Å². The fourth-order valence-electron chi connectivity index (χ4n) is 6.70. The molecule has 6 atom stereocenters. The Balaban J connectivity index is 1.65. The third-order valence-corrected chi connectivity index (χ3v) is 8.66. The number of fused-ring (bicyclic) bond motifs is 5. The minimum Gasteiger partial charge on any atom is -0.295 e. The molecular formula is C20H28O5S. The molecule has 3 fully saturated rings. The van der Waals surface area contributed by atoms with Crippen molar-refractivity contribution in [2.75, 3.05) is 0 Å². The van der Waals surface area contributed by atoms with Crippen molar-refractivity contribution in [2.24, 2.45) is 28.6 Å². The molecule has 0 amide bonds. The molecule has 144 valence electrons. The molecule has 1 N–H and O–H groups in total. The van der Waals surface area contributed by atoms with Crippen LogP contribution in [0.1, 0.15) is 58.8 Å². The van der Waals surface area contributed by atoms with Gasteiger partial charge in [0.2, 0.25) is 0 Å². The van der Waals surface area contributed by atoms with E-state index in [2.05, 4.69) is 20.4 Å². The first-order chi connectivity index (χ1) is 12.0. The van der Waals surface area contributed by atoms with Gasteiger partial charge in [-0.1, -0.05) is 26.0 Å². The highest BCUT2D eigenvalue weighted by atomic mass is 32.3. The molecule has 4 rings (SSSR count). The zero-order valence-corrected chi connectivity index (χ0v) is 16.3. The van der Waals surface area contributed by atoms with E-state index in [4.69, 9.17) is 8.74 Å². The quantitative estimate of drug-likeness (QED) is 0.581. The van der Waals surface area contributed by atoms with E-state index in [0.717, 1.165) is 37.7 Å². The average Bonchev–Trinajstić information content (AvgIpc) is 2.78. The van der Waals surface area contributed by atoms with E-state index in [1.807, 2.05) is 6.08 Å². The van der Waals surface area contributed by atoms with Crippen molar-refractivity contribution in [3.8, 4) is 0 Å². The molecule has 4 aliphatic carbocycles. The molecule has 0 heterocycles. The lowest BCUT2D eigenvalue weighted by Crippen LogP contribution is -2.49. The van der Waals surface area contributed by atoms with Gasteiger partial charge in [-0.2, -0.15) is 8.42 Å². The molecule has 0 saturated heterocycles. The predicted molar refractivity (Wildman–Crippen MR) is 97.7 cm³/mol. The summed E-state index contributed by atoms with van der Waals surface area (Å²) in [5, 5.41) is 0. The first-order valence-corrected chi connectivity index (χ1v) is 11.0. The first kappa shape index (κ1) is 18.4. The largest absolute Gasteiger partial charge is 0.397 e. The molecule has 0 bridgehead atoms. The molecule has 4 unspecified atom stereocenters. The summed E-state index contributed by atoms with van der Waals surface area (Å²) in [6.45, 7) is 8.67. The van der Waals surface area contributed by atoms with E-state index in [9.17, 15) is 13.2 Å². The minimum atomic E-state index is -4.48. The smallest absolute Gasteiger partial charge is 0.295 e. The van der Waals surface area contributed by atoms with E-state index >= 15 is 0 Å². The number of carbonyl (C=O) groups excluding carboxylic acids is 1. The van der Waals surface area contributed by atoms with Crippen LogP contribution in [0.3, 0.4) is 0 Å². The Bertz CT molecular complexity index is 797. The summed E-state index contributed by atoms with van der Waals surface area (Å²) in [5.41, 5.74) is 2.07. The molecule has 0 aliphatic heterocycles. The second-order valence-electron chi connectivity index (χ2n) is 9.20. The second-order valence-corrected chi connectivity index (χ2v) is 10.2. The lowest BCUT2D eigenvalue weighted by molar-refractivity contribution is -0.117. The number of carbonyl (C=O) groups is 1. The third kappa shape index (κ3) is 2.64. The van der Waals surface area contributed by atoms with Crippen LogP contribution in [-0.2, 0) is 19.4 Å². The van der Waals surface area contributed by atoms with Gasteiger partial charge < -0.3 is 0 Å². The zero-order valence-electron chi connectivity index (χ0n) is 15.5. The van der Waals surface area contributed by atoms with Gasteiger partial charge in [-0.05, 0) is 78.8 Å². The molecule has 4 aliphatic rings. The molecule has 0 aromatic heterocycles. The summed E-state index contributed by atoms with van der Waals surface area (Å²) in [4.78, 5) is 11.9. The summed E-state index contributed by atoms with van der Waals surface area (Å²) in [6, 6.07) is 0. The number of allylic oxidation sites excluding steroid dienone is 1. The standard InChI is InChI=1S/C20H28O5S/c1-12-18(25-26(22,23)24)11-17-15-5-4-13-10-14(21)6-8-20(13,3)16(15)7-9-19(12,17)2/h10,15-18H,1,4-9,11H2,2-3H3,(H,22,23,24)/t15?,16?,17?,18?,19-,20+/m1/s1. The van der Waals surface area contributed by atoms with E-state index in [0.29, 0.717) is 30.6 Å². The molecule has 6 heteroatoms. The van der Waals surface area contributed by atoms with Gasteiger partial charge in [0.05, 0.1) is 0 Å². The van der Waals surface area contributed by atoms with Gasteiger partial charge in [-0.3, -0.25) is 9.35 Å². The normalized spacial score (nSPS) is 45.6. The molecular weight excluding hydrogens is 352 g/mol. The van der Waals surface area contributed by atoms with Crippen LogP contribution in [0.2, 0.25) is 0 Å². The molecule has 0 aromatic carbocycles. The highest BCUT2D eigenvalue weighted by Crippen LogP contribution is 2.66. The van der Waals surface area contributed by atoms with Crippen LogP contribution in [0.15, 0.2) is 23.8 Å². The zero-order chi connectivity index (χ0) is 18.9. The SMILES string of the molecule is C=C1C(OS(=O)(=O)O)CC2C3CCC4=CC(=O)CC[C@]4(C)C3CC[C@]12C. The van der Waals surface area contributed by atoms with E-state index in [1.54, 1.807) is 0 Å². The average molecular weight is 381 g/mol. The Morgan fingerprint density at radius 2 is 1.88 bits per heavy atom. The van der Waals surface area contributed by atoms with Gasteiger partial charge >= 0.3 is 10.4 Å². The van der Waals surface area contributed by atoms with Crippen LogP contribution >= 0.6 is 0 Å². The van der Waals surface area contributed by atoms with Crippen molar-refractivity contribution in [3.63, 3.8) is 0 Å². The van der Waals surface area contributed by atoms with Crippen molar-refractivity contribution < 1.29 is 21.9 Å². The maximum atomic E-state index is 11.9. The maximum absolute atomic E-state index is 11.9.